The second kappa shape index (κ2) is 12.5. The lowest BCUT2D eigenvalue weighted by Crippen LogP contribution is -2.20. The molecule has 6 heteroatoms. The predicted octanol–water partition coefficient (Wildman–Crippen LogP) is 6.04. The van der Waals surface area contributed by atoms with Crippen molar-refractivity contribution in [2.75, 3.05) is 25.1 Å². The number of allylic oxidation sites excluding steroid dienone is 1. The fraction of sp³-hybridized carbons (Fsp3) is 0.423. The van der Waals surface area contributed by atoms with Gasteiger partial charge in [-0.2, -0.15) is 0 Å². The highest BCUT2D eigenvalue weighted by molar-refractivity contribution is 6.31. The summed E-state index contributed by atoms with van der Waals surface area (Å²) in [7, 11) is 0. The van der Waals surface area contributed by atoms with Gasteiger partial charge in [-0.25, -0.2) is 0 Å². The maximum absolute atomic E-state index is 12.3. The molecule has 0 radical (unpaired) electrons. The molecule has 0 spiro atoms. The van der Waals surface area contributed by atoms with E-state index in [9.17, 15) is 4.79 Å². The fourth-order valence-electron chi connectivity index (χ4n) is 3.67. The first kappa shape index (κ1) is 24.1. The molecule has 5 nitrogen and oxygen atoms in total. The Morgan fingerprint density at radius 1 is 1.09 bits per heavy atom. The number of carbonyl (C=O) groups excluding carboxylic acids is 1. The average molecular weight is 457 g/mol. The van der Waals surface area contributed by atoms with Crippen molar-refractivity contribution in [2.24, 2.45) is 0 Å². The highest BCUT2D eigenvalue weighted by Crippen LogP contribution is 2.34. The predicted molar refractivity (Wildman–Crippen MR) is 131 cm³/mol. The van der Waals surface area contributed by atoms with Gasteiger partial charge in [0.25, 0.3) is 5.91 Å². The van der Waals surface area contributed by atoms with Crippen molar-refractivity contribution in [3.63, 3.8) is 0 Å². The molecule has 2 N–H and O–H groups in total. The number of rotatable bonds is 11. The van der Waals surface area contributed by atoms with Crippen molar-refractivity contribution in [1.82, 2.24) is 5.32 Å². The largest absolute Gasteiger partial charge is 0.490 e. The van der Waals surface area contributed by atoms with Crippen LogP contribution in [0.25, 0.3) is 0 Å². The summed E-state index contributed by atoms with van der Waals surface area (Å²) in [6.45, 7) is 5.86. The van der Waals surface area contributed by atoms with Crippen LogP contribution in [0.15, 0.2) is 48.0 Å². The molecule has 0 heterocycles. The molecule has 3 rings (SSSR count). The molecular weight excluding hydrogens is 424 g/mol. The first-order chi connectivity index (χ1) is 15.5. The van der Waals surface area contributed by atoms with E-state index in [-0.39, 0.29) is 12.5 Å². The molecule has 1 amide bonds. The Labute approximate surface area is 196 Å². The summed E-state index contributed by atoms with van der Waals surface area (Å²) in [4.78, 5) is 12.3. The fourth-order valence-corrected chi connectivity index (χ4v) is 3.90. The summed E-state index contributed by atoms with van der Waals surface area (Å²) in [5, 5.41) is 6.89. The number of halogens is 1. The molecule has 0 saturated heterocycles. The van der Waals surface area contributed by atoms with E-state index < -0.39 is 0 Å². The molecule has 0 saturated carbocycles. The molecule has 1 aliphatic rings. The van der Waals surface area contributed by atoms with Crippen molar-refractivity contribution >= 4 is 23.2 Å². The smallest absolute Gasteiger partial charge is 0.262 e. The Kier molecular flexibility index (Phi) is 9.44. The van der Waals surface area contributed by atoms with Crippen LogP contribution in [0.2, 0.25) is 5.02 Å². The summed E-state index contributed by atoms with van der Waals surface area (Å²) >= 11 is 6.50. The van der Waals surface area contributed by atoms with Crippen LogP contribution in [0.5, 0.6) is 11.5 Å². The number of anilines is 1. The second-order valence-corrected chi connectivity index (χ2v) is 8.47. The van der Waals surface area contributed by atoms with Gasteiger partial charge in [0, 0.05) is 23.3 Å². The van der Waals surface area contributed by atoms with Crippen molar-refractivity contribution in [1.29, 1.82) is 0 Å². The zero-order chi connectivity index (χ0) is 22.8. The average Bonchev–Trinajstić information content (AvgIpc) is 2.80. The summed E-state index contributed by atoms with van der Waals surface area (Å²) in [6.07, 6.45) is 8.51. The number of carbonyl (C=O) groups is 1. The van der Waals surface area contributed by atoms with Gasteiger partial charge in [0.05, 0.1) is 6.61 Å². The number of hydrogen-bond acceptors (Lipinski definition) is 4. The first-order valence-electron chi connectivity index (χ1n) is 11.4. The van der Waals surface area contributed by atoms with Crippen LogP contribution >= 0.6 is 11.6 Å². The minimum atomic E-state index is -0.241. The Hall–Kier alpha value is -2.50. The Bertz CT molecular complexity index is 925. The normalized spacial score (nSPS) is 13.4. The number of aryl methyl sites for hydroxylation is 1. The summed E-state index contributed by atoms with van der Waals surface area (Å²) in [6, 6.07) is 11.2. The molecule has 0 unspecified atom stereocenters. The van der Waals surface area contributed by atoms with E-state index >= 15 is 0 Å². The lowest BCUT2D eigenvalue weighted by atomic mass is 9.97. The number of nitrogens with one attached hydrogen (secondary N) is 2. The van der Waals surface area contributed by atoms with E-state index in [4.69, 9.17) is 21.1 Å². The highest BCUT2D eigenvalue weighted by atomic mass is 35.5. The highest BCUT2D eigenvalue weighted by Gasteiger charge is 2.13. The number of hydrogen-bond donors (Lipinski definition) is 2. The topological polar surface area (TPSA) is 59.6 Å². The quantitative estimate of drug-likeness (QED) is 0.319. The third-order valence-electron chi connectivity index (χ3n) is 5.43. The van der Waals surface area contributed by atoms with Gasteiger partial charge in [0.1, 0.15) is 0 Å². The van der Waals surface area contributed by atoms with E-state index in [2.05, 4.69) is 16.7 Å². The molecule has 32 heavy (non-hydrogen) atoms. The van der Waals surface area contributed by atoms with Gasteiger partial charge in [-0.1, -0.05) is 40.9 Å². The third-order valence-corrected chi connectivity index (χ3v) is 5.78. The van der Waals surface area contributed by atoms with Crippen LogP contribution in [0.3, 0.4) is 0 Å². The molecule has 2 aromatic carbocycles. The maximum Gasteiger partial charge on any atom is 0.262 e. The van der Waals surface area contributed by atoms with Crippen molar-refractivity contribution in [2.45, 2.75) is 52.5 Å². The zero-order valence-electron chi connectivity index (χ0n) is 19.0. The molecule has 0 fully saturated rings. The van der Waals surface area contributed by atoms with Gasteiger partial charge >= 0.3 is 0 Å². The molecule has 0 atom stereocenters. The standard InChI is InChI=1S/C26H33ClN2O3/c1-3-31-24-15-21(17-28-14-13-20-7-5-4-6-8-20)23(27)16-25(24)32-18-26(30)29-22-11-9-19(2)10-12-22/h7,9-12,15-16,28H,3-6,8,13-14,17-18H2,1-2H3,(H,29,30). The molecule has 0 bridgehead atoms. The molecular formula is C26H33ClN2O3. The third kappa shape index (κ3) is 7.57. The number of amides is 1. The van der Waals surface area contributed by atoms with Crippen LogP contribution < -0.4 is 20.1 Å². The van der Waals surface area contributed by atoms with Crippen LogP contribution in [-0.2, 0) is 11.3 Å². The van der Waals surface area contributed by atoms with E-state index in [0.717, 1.165) is 29.8 Å². The van der Waals surface area contributed by atoms with E-state index in [1.165, 1.54) is 25.7 Å². The van der Waals surface area contributed by atoms with Crippen molar-refractivity contribution < 1.29 is 14.3 Å². The molecule has 2 aromatic rings. The van der Waals surface area contributed by atoms with Gasteiger partial charge in [-0.3, -0.25) is 4.79 Å². The van der Waals surface area contributed by atoms with Gasteiger partial charge < -0.3 is 20.1 Å². The van der Waals surface area contributed by atoms with Crippen LogP contribution in [0, 0.1) is 6.92 Å². The molecule has 0 aromatic heterocycles. The lowest BCUT2D eigenvalue weighted by molar-refractivity contribution is -0.118. The van der Waals surface area contributed by atoms with Gasteiger partial charge in [-0.05, 0) is 76.3 Å². The van der Waals surface area contributed by atoms with Gasteiger partial charge in [0.2, 0.25) is 0 Å². The zero-order valence-corrected chi connectivity index (χ0v) is 19.8. The Morgan fingerprint density at radius 2 is 1.88 bits per heavy atom. The summed E-state index contributed by atoms with van der Waals surface area (Å²) in [5.41, 5.74) is 4.37. The lowest BCUT2D eigenvalue weighted by Gasteiger charge is -2.16. The van der Waals surface area contributed by atoms with Crippen LogP contribution in [-0.4, -0.2) is 25.7 Å². The molecule has 1 aliphatic carbocycles. The molecule has 0 aliphatic heterocycles. The van der Waals surface area contributed by atoms with Crippen molar-refractivity contribution in [3.05, 3.63) is 64.2 Å². The maximum atomic E-state index is 12.3. The van der Waals surface area contributed by atoms with Crippen LogP contribution in [0.1, 0.15) is 50.2 Å². The van der Waals surface area contributed by atoms with Gasteiger partial charge in [-0.15, -0.1) is 0 Å². The molecule has 172 valence electrons. The number of benzene rings is 2. The van der Waals surface area contributed by atoms with E-state index in [0.29, 0.717) is 29.7 Å². The SMILES string of the molecule is CCOc1cc(CNCCC2=CCCCC2)c(Cl)cc1OCC(=O)Nc1ccc(C)cc1. The minimum absolute atomic E-state index is 0.128. The Morgan fingerprint density at radius 3 is 2.59 bits per heavy atom. The minimum Gasteiger partial charge on any atom is -0.490 e. The first-order valence-corrected chi connectivity index (χ1v) is 11.8. The summed E-state index contributed by atoms with van der Waals surface area (Å²) in [5.74, 6) is 0.814. The monoisotopic (exact) mass is 456 g/mol. The van der Waals surface area contributed by atoms with E-state index in [1.807, 2.05) is 44.2 Å². The van der Waals surface area contributed by atoms with Gasteiger partial charge in [0.15, 0.2) is 18.1 Å². The summed E-state index contributed by atoms with van der Waals surface area (Å²) < 4.78 is 11.5. The Balaban J connectivity index is 1.54. The van der Waals surface area contributed by atoms with Crippen molar-refractivity contribution in [3.8, 4) is 11.5 Å². The number of ether oxygens (including phenoxy) is 2. The van der Waals surface area contributed by atoms with E-state index in [1.54, 1.807) is 11.6 Å². The second-order valence-electron chi connectivity index (χ2n) is 8.06. The van der Waals surface area contributed by atoms with Crippen LogP contribution in [0.4, 0.5) is 5.69 Å².